The van der Waals surface area contributed by atoms with Crippen LogP contribution in [0.5, 0.6) is 0 Å². The number of hydrogen-bond donors (Lipinski definition) is 1. The fraction of sp³-hybridized carbons (Fsp3) is 0.385. The Morgan fingerprint density at radius 2 is 2.00 bits per heavy atom. The summed E-state index contributed by atoms with van der Waals surface area (Å²) >= 11 is 0. The number of anilines is 1. The molecular weight excluding hydrogens is 254 g/mol. The lowest BCUT2D eigenvalue weighted by Crippen LogP contribution is -2.62. The minimum atomic E-state index is -0.869. The molecule has 4 nitrogen and oxygen atoms in total. The molecule has 2 rings (SSSR count). The van der Waals surface area contributed by atoms with Crippen molar-refractivity contribution in [1.82, 2.24) is 5.32 Å². The maximum Gasteiger partial charge on any atom is 0.250 e. The highest BCUT2D eigenvalue weighted by Crippen LogP contribution is 2.26. The molecule has 6 heteroatoms. The normalized spacial score (nSPS) is 23.5. The van der Waals surface area contributed by atoms with Crippen LogP contribution in [0.25, 0.3) is 0 Å². The maximum atomic E-state index is 13.8. The lowest BCUT2D eigenvalue weighted by molar-refractivity contribution is -0.133. The number of carbonyl (C=O) groups is 2. The molecule has 0 radical (unpaired) electrons. The van der Waals surface area contributed by atoms with E-state index in [1.54, 1.807) is 6.92 Å². The quantitative estimate of drug-likeness (QED) is 0.885. The smallest absolute Gasteiger partial charge is 0.250 e. The second-order valence-electron chi connectivity index (χ2n) is 4.45. The van der Waals surface area contributed by atoms with Crippen LogP contribution in [0.3, 0.4) is 0 Å². The zero-order valence-corrected chi connectivity index (χ0v) is 10.6. The van der Waals surface area contributed by atoms with Gasteiger partial charge in [0, 0.05) is 6.07 Å². The van der Waals surface area contributed by atoms with Crippen LogP contribution in [0.15, 0.2) is 18.2 Å². The van der Waals surface area contributed by atoms with Crippen LogP contribution in [0.1, 0.15) is 20.3 Å². The van der Waals surface area contributed by atoms with E-state index in [0.29, 0.717) is 6.42 Å². The van der Waals surface area contributed by atoms with Gasteiger partial charge >= 0.3 is 0 Å². The molecule has 0 saturated carbocycles. The molecule has 0 aromatic heterocycles. The van der Waals surface area contributed by atoms with Gasteiger partial charge in [0.25, 0.3) is 0 Å². The SMILES string of the molecule is CCC1NC(=O)C(C)N(c2cc(F)ccc2F)C1=O. The molecule has 1 aliphatic rings. The number of nitrogens with zero attached hydrogens (tertiary/aromatic N) is 1. The molecule has 19 heavy (non-hydrogen) atoms. The molecule has 0 bridgehead atoms. The third-order valence-corrected chi connectivity index (χ3v) is 3.19. The first kappa shape index (κ1) is 13.5. The van der Waals surface area contributed by atoms with Gasteiger partial charge in [-0.1, -0.05) is 6.92 Å². The highest BCUT2D eigenvalue weighted by molar-refractivity contribution is 6.08. The summed E-state index contributed by atoms with van der Waals surface area (Å²) in [4.78, 5) is 25.0. The molecule has 2 atom stereocenters. The van der Waals surface area contributed by atoms with E-state index >= 15 is 0 Å². The summed E-state index contributed by atoms with van der Waals surface area (Å²) in [6, 6.07) is 1.26. The zero-order valence-electron chi connectivity index (χ0n) is 10.6. The number of hydrogen-bond acceptors (Lipinski definition) is 2. The van der Waals surface area contributed by atoms with Crippen LogP contribution in [0.2, 0.25) is 0 Å². The van der Waals surface area contributed by atoms with Crippen molar-refractivity contribution in [3.63, 3.8) is 0 Å². The van der Waals surface area contributed by atoms with Crippen molar-refractivity contribution in [2.75, 3.05) is 4.90 Å². The fourth-order valence-electron chi connectivity index (χ4n) is 2.10. The van der Waals surface area contributed by atoms with Gasteiger partial charge in [-0.15, -0.1) is 0 Å². The monoisotopic (exact) mass is 268 g/mol. The number of rotatable bonds is 2. The number of carbonyl (C=O) groups excluding carboxylic acids is 2. The minimum absolute atomic E-state index is 0.203. The number of nitrogens with one attached hydrogen (secondary N) is 1. The van der Waals surface area contributed by atoms with E-state index in [0.717, 1.165) is 23.1 Å². The Bertz CT molecular complexity index is 533. The number of amides is 2. The molecule has 1 saturated heterocycles. The van der Waals surface area contributed by atoms with E-state index < -0.39 is 29.6 Å². The number of halogens is 2. The van der Waals surface area contributed by atoms with Crippen LogP contribution < -0.4 is 10.2 Å². The van der Waals surface area contributed by atoms with Crippen LogP contribution in [0, 0.1) is 11.6 Å². The van der Waals surface area contributed by atoms with E-state index in [1.807, 2.05) is 0 Å². The van der Waals surface area contributed by atoms with Gasteiger partial charge in [-0.3, -0.25) is 14.5 Å². The summed E-state index contributed by atoms with van der Waals surface area (Å²) in [5.41, 5.74) is -0.203. The molecule has 2 amide bonds. The summed E-state index contributed by atoms with van der Waals surface area (Å²) in [7, 11) is 0. The molecule has 2 unspecified atom stereocenters. The molecule has 1 aromatic rings. The maximum absolute atomic E-state index is 13.8. The molecular formula is C13H14F2N2O2. The molecule has 0 spiro atoms. The zero-order chi connectivity index (χ0) is 14.2. The first-order chi connectivity index (χ1) is 8.95. The van der Waals surface area contributed by atoms with Gasteiger partial charge in [0.2, 0.25) is 11.8 Å². The Labute approximate surface area is 109 Å². The average molecular weight is 268 g/mol. The second-order valence-corrected chi connectivity index (χ2v) is 4.45. The number of piperazine rings is 1. The lowest BCUT2D eigenvalue weighted by Gasteiger charge is -2.37. The average Bonchev–Trinajstić information content (AvgIpc) is 2.38. The van der Waals surface area contributed by atoms with Crippen LogP contribution in [-0.2, 0) is 9.59 Å². The highest BCUT2D eigenvalue weighted by Gasteiger charge is 2.39. The van der Waals surface area contributed by atoms with Gasteiger partial charge in [0.05, 0.1) is 5.69 Å². The highest BCUT2D eigenvalue weighted by atomic mass is 19.1. The Morgan fingerprint density at radius 1 is 1.32 bits per heavy atom. The second kappa shape index (κ2) is 4.95. The van der Waals surface area contributed by atoms with Crippen molar-refractivity contribution in [3.8, 4) is 0 Å². The van der Waals surface area contributed by atoms with Crippen LogP contribution in [-0.4, -0.2) is 23.9 Å². The predicted molar refractivity (Wildman–Crippen MR) is 65.5 cm³/mol. The van der Waals surface area contributed by atoms with Crippen LogP contribution in [0.4, 0.5) is 14.5 Å². The van der Waals surface area contributed by atoms with E-state index in [-0.39, 0.29) is 11.6 Å². The van der Waals surface area contributed by atoms with E-state index in [2.05, 4.69) is 5.32 Å². The molecule has 1 aromatic carbocycles. The molecule has 1 aliphatic heterocycles. The standard InChI is InChI=1S/C13H14F2N2O2/c1-3-10-13(19)17(7(2)12(18)16-10)11-6-8(14)4-5-9(11)15/h4-7,10H,3H2,1-2H3,(H,16,18). The summed E-state index contributed by atoms with van der Waals surface area (Å²) in [6.45, 7) is 3.21. The summed E-state index contributed by atoms with van der Waals surface area (Å²) in [6.07, 6.45) is 0.394. The Morgan fingerprint density at radius 3 is 2.63 bits per heavy atom. The topological polar surface area (TPSA) is 49.4 Å². The molecule has 0 aliphatic carbocycles. The minimum Gasteiger partial charge on any atom is -0.343 e. The molecule has 1 fully saturated rings. The Hall–Kier alpha value is -1.98. The summed E-state index contributed by atoms with van der Waals surface area (Å²) in [5, 5.41) is 2.55. The molecule has 1 heterocycles. The van der Waals surface area contributed by atoms with Gasteiger partial charge in [0.1, 0.15) is 23.7 Å². The Balaban J connectivity index is 2.47. The van der Waals surface area contributed by atoms with Crippen molar-refractivity contribution in [3.05, 3.63) is 29.8 Å². The lowest BCUT2D eigenvalue weighted by atomic mass is 10.0. The van der Waals surface area contributed by atoms with E-state index in [4.69, 9.17) is 0 Å². The van der Waals surface area contributed by atoms with E-state index in [9.17, 15) is 18.4 Å². The Kier molecular flexibility index (Phi) is 3.50. The summed E-state index contributed by atoms with van der Waals surface area (Å²) < 4.78 is 27.0. The number of benzene rings is 1. The first-order valence-corrected chi connectivity index (χ1v) is 6.04. The van der Waals surface area contributed by atoms with Gasteiger partial charge < -0.3 is 5.32 Å². The van der Waals surface area contributed by atoms with Crippen molar-refractivity contribution >= 4 is 17.5 Å². The van der Waals surface area contributed by atoms with Gasteiger partial charge in [-0.25, -0.2) is 8.78 Å². The van der Waals surface area contributed by atoms with Gasteiger partial charge in [0.15, 0.2) is 0 Å². The van der Waals surface area contributed by atoms with Gasteiger partial charge in [-0.05, 0) is 25.5 Å². The van der Waals surface area contributed by atoms with Gasteiger partial charge in [-0.2, -0.15) is 0 Å². The third kappa shape index (κ3) is 2.30. The fourth-order valence-corrected chi connectivity index (χ4v) is 2.10. The predicted octanol–water partition coefficient (Wildman–Crippen LogP) is 1.59. The summed E-state index contributed by atoms with van der Waals surface area (Å²) in [5.74, 6) is -2.20. The van der Waals surface area contributed by atoms with Crippen molar-refractivity contribution in [1.29, 1.82) is 0 Å². The van der Waals surface area contributed by atoms with Crippen LogP contribution >= 0.6 is 0 Å². The third-order valence-electron chi connectivity index (χ3n) is 3.19. The van der Waals surface area contributed by atoms with Crippen molar-refractivity contribution in [2.45, 2.75) is 32.4 Å². The van der Waals surface area contributed by atoms with Crippen molar-refractivity contribution < 1.29 is 18.4 Å². The van der Waals surface area contributed by atoms with E-state index in [1.165, 1.54) is 6.92 Å². The molecule has 102 valence electrons. The first-order valence-electron chi connectivity index (χ1n) is 6.04. The largest absolute Gasteiger partial charge is 0.343 e. The van der Waals surface area contributed by atoms with Crippen molar-refractivity contribution in [2.24, 2.45) is 0 Å². The molecule has 1 N–H and O–H groups in total.